The Bertz CT molecular complexity index is 1210. The number of nitrogens with zero attached hydrogens (tertiary/aromatic N) is 1. The van der Waals surface area contributed by atoms with E-state index in [0.717, 1.165) is 14.1 Å². The van der Waals surface area contributed by atoms with Gasteiger partial charge >= 0.3 is 5.97 Å². The predicted octanol–water partition coefficient (Wildman–Crippen LogP) is 3.88. The number of amides is 1. The minimum atomic E-state index is -3.69. The van der Waals surface area contributed by atoms with E-state index < -0.39 is 28.5 Å². The van der Waals surface area contributed by atoms with Crippen molar-refractivity contribution in [2.75, 3.05) is 26.0 Å². The summed E-state index contributed by atoms with van der Waals surface area (Å²) in [6.07, 6.45) is 0. The van der Waals surface area contributed by atoms with Crippen LogP contribution in [-0.2, 0) is 19.6 Å². The number of esters is 1. The molecule has 0 heterocycles. The largest absolute Gasteiger partial charge is 0.452 e. The minimum absolute atomic E-state index is 0.0340. The van der Waals surface area contributed by atoms with Gasteiger partial charge in [0, 0.05) is 23.9 Å². The molecule has 0 atom stereocenters. The first kappa shape index (κ1) is 23.5. The van der Waals surface area contributed by atoms with Gasteiger partial charge in [-0.15, -0.1) is 0 Å². The van der Waals surface area contributed by atoms with Crippen molar-refractivity contribution in [1.29, 1.82) is 0 Å². The summed E-state index contributed by atoms with van der Waals surface area (Å²) in [6, 6.07) is 22.5. The SMILES string of the molecule is CN(C)S(=O)(=O)c1cccc(C(=O)OCC(=O)Nc2ccccc2Sc2ccccc2)c1. The number of rotatable bonds is 8. The van der Waals surface area contributed by atoms with E-state index in [4.69, 9.17) is 4.74 Å². The highest BCUT2D eigenvalue weighted by Crippen LogP contribution is 2.33. The topological polar surface area (TPSA) is 92.8 Å². The summed E-state index contributed by atoms with van der Waals surface area (Å²) in [5, 5.41) is 2.75. The van der Waals surface area contributed by atoms with Crippen LogP contribution < -0.4 is 5.32 Å². The van der Waals surface area contributed by atoms with E-state index >= 15 is 0 Å². The number of sulfonamides is 1. The van der Waals surface area contributed by atoms with Crippen molar-refractivity contribution in [3.8, 4) is 0 Å². The summed E-state index contributed by atoms with van der Waals surface area (Å²) in [5.74, 6) is -1.29. The Hall–Kier alpha value is -3.14. The number of nitrogens with one attached hydrogen (secondary N) is 1. The maximum absolute atomic E-state index is 12.4. The fraction of sp³-hybridized carbons (Fsp3) is 0.130. The van der Waals surface area contributed by atoms with Crippen molar-refractivity contribution in [2.45, 2.75) is 14.7 Å². The quantitative estimate of drug-likeness (QED) is 0.502. The summed E-state index contributed by atoms with van der Waals surface area (Å²) >= 11 is 1.50. The third-order valence-corrected chi connectivity index (χ3v) is 7.21. The highest BCUT2D eigenvalue weighted by Gasteiger charge is 2.19. The Labute approximate surface area is 191 Å². The molecule has 0 unspecified atom stereocenters. The maximum Gasteiger partial charge on any atom is 0.338 e. The van der Waals surface area contributed by atoms with Gasteiger partial charge in [0.25, 0.3) is 5.91 Å². The zero-order chi connectivity index (χ0) is 23.1. The van der Waals surface area contributed by atoms with E-state index in [1.54, 1.807) is 12.1 Å². The molecular weight excluding hydrogens is 448 g/mol. The molecular formula is C23H22N2O5S2. The first-order valence-electron chi connectivity index (χ1n) is 9.59. The highest BCUT2D eigenvalue weighted by atomic mass is 32.2. The Kier molecular flexibility index (Phi) is 7.68. The van der Waals surface area contributed by atoms with Crippen LogP contribution in [0.15, 0.2) is 93.5 Å². The molecule has 1 amide bonds. The van der Waals surface area contributed by atoms with Crippen LogP contribution in [0.5, 0.6) is 0 Å². The van der Waals surface area contributed by atoms with E-state index in [9.17, 15) is 18.0 Å². The number of hydrogen-bond donors (Lipinski definition) is 1. The molecule has 0 aromatic heterocycles. The van der Waals surface area contributed by atoms with Crippen molar-refractivity contribution in [2.24, 2.45) is 0 Å². The van der Waals surface area contributed by atoms with Gasteiger partial charge in [0.05, 0.1) is 16.1 Å². The number of hydrogen-bond acceptors (Lipinski definition) is 6. The molecule has 3 aromatic carbocycles. The average Bonchev–Trinajstić information content (AvgIpc) is 2.79. The lowest BCUT2D eigenvalue weighted by Gasteiger charge is -2.12. The van der Waals surface area contributed by atoms with Gasteiger partial charge in [0.15, 0.2) is 6.61 Å². The monoisotopic (exact) mass is 470 g/mol. The van der Waals surface area contributed by atoms with E-state index in [1.165, 1.54) is 50.1 Å². The molecule has 0 radical (unpaired) electrons. The molecule has 0 aliphatic carbocycles. The van der Waals surface area contributed by atoms with Crippen LogP contribution in [0.3, 0.4) is 0 Å². The molecule has 0 fully saturated rings. The van der Waals surface area contributed by atoms with Gasteiger partial charge < -0.3 is 10.1 Å². The molecule has 0 aliphatic heterocycles. The third-order valence-electron chi connectivity index (χ3n) is 4.31. The predicted molar refractivity (Wildman–Crippen MR) is 123 cm³/mol. The van der Waals surface area contributed by atoms with Gasteiger partial charge in [0.2, 0.25) is 10.0 Å². The lowest BCUT2D eigenvalue weighted by atomic mass is 10.2. The molecule has 7 nitrogen and oxygen atoms in total. The molecule has 0 bridgehead atoms. The molecule has 166 valence electrons. The molecule has 0 aliphatic rings. The number of anilines is 1. The lowest BCUT2D eigenvalue weighted by Crippen LogP contribution is -2.23. The lowest BCUT2D eigenvalue weighted by molar-refractivity contribution is -0.119. The van der Waals surface area contributed by atoms with Gasteiger partial charge in [-0.1, -0.05) is 48.2 Å². The summed E-state index contributed by atoms with van der Waals surface area (Å²) in [6.45, 7) is -0.506. The van der Waals surface area contributed by atoms with Gasteiger partial charge in [0.1, 0.15) is 0 Å². The third kappa shape index (κ3) is 5.97. The number of benzene rings is 3. The Morgan fingerprint density at radius 1 is 0.938 bits per heavy atom. The standard InChI is InChI=1S/C23H22N2O5S2/c1-25(2)32(28,29)19-12-8-9-17(15-19)23(27)30-16-22(26)24-20-13-6-7-14-21(20)31-18-10-4-3-5-11-18/h3-15H,16H2,1-2H3,(H,24,26). The maximum atomic E-state index is 12.4. The fourth-order valence-electron chi connectivity index (χ4n) is 2.67. The van der Waals surface area contributed by atoms with E-state index in [2.05, 4.69) is 5.32 Å². The number of carbonyl (C=O) groups is 2. The second kappa shape index (κ2) is 10.4. The van der Waals surface area contributed by atoms with Gasteiger partial charge in [-0.05, 0) is 42.5 Å². The van der Waals surface area contributed by atoms with Crippen LogP contribution in [-0.4, -0.2) is 45.3 Å². The van der Waals surface area contributed by atoms with Crippen LogP contribution >= 0.6 is 11.8 Å². The zero-order valence-electron chi connectivity index (χ0n) is 17.5. The summed E-state index contributed by atoms with van der Waals surface area (Å²) < 4.78 is 30.6. The molecule has 9 heteroatoms. The molecule has 0 saturated carbocycles. The molecule has 0 spiro atoms. The summed E-state index contributed by atoms with van der Waals surface area (Å²) in [4.78, 5) is 26.5. The van der Waals surface area contributed by atoms with Crippen LogP contribution in [0.25, 0.3) is 0 Å². The van der Waals surface area contributed by atoms with Gasteiger partial charge in [-0.2, -0.15) is 0 Å². The average molecular weight is 471 g/mol. The Morgan fingerprint density at radius 3 is 2.34 bits per heavy atom. The molecule has 3 rings (SSSR count). The first-order chi connectivity index (χ1) is 15.3. The van der Waals surface area contributed by atoms with Crippen molar-refractivity contribution in [3.05, 3.63) is 84.4 Å². The normalized spacial score (nSPS) is 11.2. The summed E-state index contributed by atoms with van der Waals surface area (Å²) in [7, 11) is -0.889. The van der Waals surface area contributed by atoms with Crippen molar-refractivity contribution < 1.29 is 22.7 Å². The van der Waals surface area contributed by atoms with Crippen molar-refractivity contribution in [1.82, 2.24) is 4.31 Å². The fourth-order valence-corrected chi connectivity index (χ4v) is 4.54. The second-order valence-corrected chi connectivity index (χ2v) is 10.1. The van der Waals surface area contributed by atoms with Crippen LogP contribution in [0, 0.1) is 0 Å². The molecule has 32 heavy (non-hydrogen) atoms. The number of carbonyl (C=O) groups excluding carboxylic acids is 2. The Balaban J connectivity index is 1.63. The molecule has 1 N–H and O–H groups in total. The molecule has 0 saturated heterocycles. The van der Waals surface area contributed by atoms with E-state index in [-0.39, 0.29) is 10.5 Å². The number of para-hydroxylation sites is 1. The minimum Gasteiger partial charge on any atom is -0.452 e. The molecule has 3 aromatic rings. The van der Waals surface area contributed by atoms with Crippen molar-refractivity contribution >= 4 is 39.3 Å². The zero-order valence-corrected chi connectivity index (χ0v) is 19.2. The summed E-state index contributed by atoms with van der Waals surface area (Å²) in [5.41, 5.74) is 0.641. The first-order valence-corrected chi connectivity index (χ1v) is 11.8. The highest BCUT2D eigenvalue weighted by molar-refractivity contribution is 7.99. The van der Waals surface area contributed by atoms with Crippen molar-refractivity contribution in [3.63, 3.8) is 0 Å². The Morgan fingerprint density at radius 2 is 1.62 bits per heavy atom. The van der Waals surface area contributed by atoms with Gasteiger partial charge in [-0.25, -0.2) is 17.5 Å². The smallest absolute Gasteiger partial charge is 0.338 e. The van der Waals surface area contributed by atoms with Gasteiger partial charge in [-0.3, -0.25) is 4.79 Å². The van der Waals surface area contributed by atoms with Crippen LogP contribution in [0.4, 0.5) is 5.69 Å². The number of ether oxygens (including phenoxy) is 1. The van der Waals surface area contributed by atoms with Crippen LogP contribution in [0.1, 0.15) is 10.4 Å². The van der Waals surface area contributed by atoms with E-state index in [0.29, 0.717) is 5.69 Å². The van der Waals surface area contributed by atoms with E-state index in [1.807, 2.05) is 42.5 Å². The second-order valence-electron chi connectivity index (χ2n) is 6.85. The van der Waals surface area contributed by atoms with Crippen LogP contribution in [0.2, 0.25) is 0 Å².